The van der Waals surface area contributed by atoms with Crippen LogP contribution in [0.15, 0.2) is 42.5 Å². The molecule has 7 heteroatoms. The average molecular weight is 384 g/mol. The number of methoxy groups -OCH3 is 2. The lowest BCUT2D eigenvalue weighted by molar-refractivity contribution is 0.0857. The van der Waals surface area contributed by atoms with Crippen LogP contribution in [0.5, 0.6) is 11.5 Å². The third kappa shape index (κ3) is 4.80. The maximum absolute atomic E-state index is 12.4. The highest BCUT2D eigenvalue weighted by Crippen LogP contribution is 2.27. The van der Waals surface area contributed by atoms with Crippen molar-refractivity contribution < 1.29 is 23.8 Å². The molecule has 0 aliphatic carbocycles. The van der Waals surface area contributed by atoms with Crippen molar-refractivity contribution in [2.75, 3.05) is 32.7 Å². The van der Waals surface area contributed by atoms with E-state index in [1.54, 1.807) is 42.5 Å². The number of benzene rings is 2. The van der Waals surface area contributed by atoms with Gasteiger partial charge in [-0.3, -0.25) is 9.59 Å². The molecular formula is C21H24N2O5. The molecule has 0 radical (unpaired) electrons. The van der Waals surface area contributed by atoms with Crippen LogP contribution in [-0.2, 0) is 4.74 Å². The largest absolute Gasteiger partial charge is 0.493 e. The minimum Gasteiger partial charge on any atom is -0.493 e. The van der Waals surface area contributed by atoms with Crippen LogP contribution >= 0.6 is 0 Å². The van der Waals surface area contributed by atoms with E-state index in [0.717, 1.165) is 19.4 Å². The fourth-order valence-corrected chi connectivity index (χ4v) is 3.00. The number of nitrogens with one attached hydrogen (secondary N) is 2. The lowest BCUT2D eigenvalue weighted by Gasteiger charge is -2.12. The monoisotopic (exact) mass is 384 g/mol. The molecular weight excluding hydrogens is 360 g/mol. The second-order valence-electron chi connectivity index (χ2n) is 6.45. The Morgan fingerprint density at radius 1 is 1.00 bits per heavy atom. The van der Waals surface area contributed by atoms with Gasteiger partial charge in [-0.1, -0.05) is 0 Å². The summed E-state index contributed by atoms with van der Waals surface area (Å²) >= 11 is 0. The number of hydrogen-bond acceptors (Lipinski definition) is 5. The van der Waals surface area contributed by atoms with E-state index < -0.39 is 0 Å². The van der Waals surface area contributed by atoms with Crippen molar-refractivity contribution in [3.05, 3.63) is 53.6 Å². The van der Waals surface area contributed by atoms with Gasteiger partial charge in [0, 0.05) is 30.0 Å². The summed E-state index contributed by atoms with van der Waals surface area (Å²) in [7, 11) is 3.05. The lowest BCUT2D eigenvalue weighted by Crippen LogP contribution is -2.31. The smallest absolute Gasteiger partial charge is 0.255 e. The van der Waals surface area contributed by atoms with Crippen molar-refractivity contribution >= 4 is 17.5 Å². The third-order valence-electron chi connectivity index (χ3n) is 4.56. The highest BCUT2D eigenvalue weighted by molar-refractivity contribution is 6.05. The van der Waals surface area contributed by atoms with E-state index in [1.807, 2.05) is 0 Å². The number of anilines is 1. The molecule has 3 rings (SSSR count). The molecule has 1 aliphatic rings. The Labute approximate surface area is 164 Å². The van der Waals surface area contributed by atoms with Crippen LogP contribution in [0.3, 0.4) is 0 Å². The van der Waals surface area contributed by atoms with Gasteiger partial charge in [-0.2, -0.15) is 0 Å². The number of hydrogen-bond donors (Lipinski definition) is 2. The van der Waals surface area contributed by atoms with Gasteiger partial charge >= 0.3 is 0 Å². The highest BCUT2D eigenvalue weighted by atomic mass is 16.5. The quantitative estimate of drug-likeness (QED) is 0.767. The average Bonchev–Trinajstić information content (AvgIpc) is 3.25. The summed E-state index contributed by atoms with van der Waals surface area (Å²) in [6.07, 6.45) is 2.11. The molecule has 1 atom stereocenters. The Kier molecular flexibility index (Phi) is 6.49. The summed E-state index contributed by atoms with van der Waals surface area (Å²) in [6.45, 7) is 1.27. The van der Waals surface area contributed by atoms with E-state index in [-0.39, 0.29) is 17.9 Å². The van der Waals surface area contributed by atoms with Crippen LogP contribution in [0.2, 0.25) is 0 Å². The van der Waals surface area contributed by atoms with Crippen LogP contribution in [-0.4, -0.2) is 45.3 Å². The van der Waals surface area contributed by atoms with Gasteiger partial charge < -0.3 is 24.8 Å². The van der Waals surface area contributed by atoms with Gasteiger partial charge in [0.1, 0.15) is 0 Å². The second-order valence-corrected chi connectivity index (χ2v) is 6.45. The van der Waals surface area contributed by atoms with E-state index in [9.17, 15) is 9.59 Å². The van der Waals surface area contributed by atoms with Crippen molar-refractivity contribution in [2.24, 2.45) is 0 Å². The maximum Gasteiger partial charge on any atom is 0.255 e. The molecule has 1 aliphatic heterocycles. The first-order valence-corrected chi connectivity index (χ1v) is 9.14. The minimum absolute atomic E-state index is 0.101. The standard InChI is InChI=1S/C21H24N2O5/c1-26-18-10-7-15(12-19(18)27-2)21(25)23-16-8-5-14(6-9-16)20(24)22-13-17-4-3-11-28-17/h5-10,12,17H,3-4,11,13H2,1-2H3,(H,22,24)(H,23,25)/t17-/m1/s1. The molecule has 148 valence electrons. The molecule has 0 aromatic heterocycles. The maximum atomic E-state index is 12.4. The molecule has 2 aromatic rings. The summed E-state index contributed by atoms with van der Waals surface area (Å²) < 4.78 is 15.9. The summed E-state index contributed by atoms with van der Waals surface area (Å²) in [5.41, 5.74) is 1.56. The first-order chi connectivity index (χ1) is 13.6. The number of carbonyl (C=O) groups excluding carboxylic acids is 2. The van der Waals surface area contributed by atoms with Crippen LogP contribution in [0, 0.1) is 0 Å². The number of carbonyl (C=O) groups is 2. The second kappa shape index (κ2) is 9.23. The topological polar surface area (TPSA) is 85.9 Å². The van der Waals surface area contributed by atoms with Gasteiger partial charge in [0.15, 0.2) is 11.5 Å². The Balaban J connectivity index is 1.58. The molecule has 2 aromatic carbocycles. The number of amides is 2. The van der Waals surface area contributed by atoms with E-state index in [2.05, 4.69) is 10.6 Å². The van der Waals surface area contributed by atoms with E-state index in [1.165, 1.54) is 14.2 Å². The molecule has 28 heavy (non-hydrogen) atoms. The predicted molar refractivity (Wildman–Crippen MR) is 105 cm³/mol. The Bertz CT molecular complexity index is 829. The molecule has 1 fully saturated rings. The lowest BCUT2D eigenvalue weighted by atomic mass is 10.1. The van der Waals surface area contributed by atoms with Crippen LogP contribution in [0.4, 0.5) is 5.69 Å². The zero-order chi connectivity index (χ0) is 19.9. The zero-order valence-corrected chi connectivity index (χ0v) is 16.0. The van der Waals surface area contributed by atoms with Crippen molar-refractivity contribution in [3.8, 4) is 11.5 Å². The molecule has 7 nitrogen and oxygen atoms in total. The molecule has 1 saturated heterocycles. The van der Waals surface area contributed by atoms with Crippen molar-refractivity contribution in [1.82, 2.24) is 5.32 Å². The normalized spacial score (nSPS) is 15.7. The summed E-state index contributed by atoms with van der Waals surface area (Å²) in [5, 5.41) is 5.68. The van der Waals surface area contributed by atoms with E-state index in [0.29, 0.717) is 34.9 Å². The third-order valence-corrected chi connectivity index (χ3v) is 4.56. The summed E-state index contributed by atoms with van der Waals surface area (Å²) in [4.78, 5) is 24.7. The van der Waals surface area contributed by atoms with Crippen LogP contribution in [0.1, 0.15) is 33.6 Å². The molecule has 2 N–H and O–H groups in total. The summed E-state index contributed by atoms with van der Waals surface area (Å²) in [5.74, 6) is 0.593. The predicted octanol–water partition coefficient (Wildman–Crippen LogP) is 2.86. The number of rotatable bonds is 7. The van der Waals surface area contributed by atoms with Gasteiger partial charge in [0.05, 0.1) is 20.3 Å². The van der Waals surface area contributed by atoms with Crippen molar-refractivity contribution in [2.45, 2.75) is 18.9 Å². The highest BCUT2D eigenvalue weighted by Gasteiger charge is 2.17. The zero-order valence-electron chi connectivity index (χ0n) is 16.0. The molecule has 0 spiro atoms. The molecule has 2 amide bonds. The first kappa shape index (κ1) is 19.7. The van der Waals surface area contributed by atoms with Crippen molar-refractivity contribution in [3.63, 3.8) is 0 Å². The first-order valence-electron chi connectivity index (χ1n) is 9.14. The number of ether oxygens (including phenoxy) is 3. The SMILES string of the molecule is COc1ccc(C(=O)Nc2ccc(C(=O)NC[C@H]3CCCO3)cc2)cc1OC. The molecule has 0 unspecified atom stereocenters. The molecule has 0 saturated carbocycles. The van der Waals surface area contributed by atoms with Gasteiger partial charge in [-0.25, -0.2) is 0 Å². The molecule has 0 bridgehead atoms. The van der Waals surface area contributed by atoms with Crippen LogP contribution < -0.4 is 20.1 Å². The van der Waals surface area contributed by atoms with Crippen molar-refractivity contribution in [1.29, 1.82) is 0 Å². The fraction of sp³-hybridized carbons (Fsp3) is 0.333. The van der Waals surface area contributed by atoms with E-state index >= 15 is 0 Å². The van der Waals surface area contributed by atoms with Gasteiger partial charge in [0.2, 0.25) is 0 Å². The van der Waals surface area contributed by atoms with Gasteiger partial charge in [-0.15, -0.1) is 0 Å². The fourth-order valence-electron chi connectivity index (χ4n) is 3.00. The Morgan fingerprint density at radius 2 is 1.71 bits per heavy atom. The Hall–Kier alpha value is -3.06. The van der Waals surface area contributed by atoms with Crippen LogP contribution in [0.25, 0.3) is 0 Å². The minimum atomic E-state index is -0.281. The summed E-state index contributed by atoms with van der Waals surface area (Å²) in [6, 6.07) is 11.7. The molecule has 1 heterocycles. The Morgan fingerprint density at radius 3 is 2.36 bits per heavy atom. The van der Waals surface area contributed by atoms with Gasteiger partial charge in [0.25, 0.3) is 11.8 Å². The van der Waals surface area contributed by atoms with Gasteiger partial charge in [-0.05, 0) is 55.3 Å². The van der Waals surface area contributed by atoms with E-state index in [4.69, 9.17) is 14.2 Å².